The lowest BCUT2D eigenvalue weighted by Gasteiger charge is -2.37. The number of methoxy groups -OCH3 is 2. The molecule has 2 atom stereocenters. The molecule has 4 rings (SSSR count). The summed E-state index contributed by atoms with van der Waals surface area (Å²) in [5, 5.41) is 2.60. The van der Waals surface area contributed by atoms with Gasteiger partial charge in [-0.15, -0.1) is 0 Å². The Kier molecular flexibility index (Phi) is 8.03. The van der Waals surface area contributed by atoms with Crippen LogP contribution in [0.25, 0.3) is 0 Å². The Balaban J connectivity index is 1.61. The van der Waals surface area contributed by atoms with E-state index in [1.54, 1.807) is 25.9 Å². The summed E-state index contributed by atoms with van der Waals surface area (Å²) in [5.41, 5.74) is 2.55. The lowest BCUT2D eigenvalue weighted by molar-refractivity contribution is -0.151. The predicted molar refractivity (Wildman–Crippen MR) is 136 cm³/mol. The van der Waals surface area contributed by atoms with Gasteiger partial charge in [-0.05, 0) is 49.8 Å². The van der Waals surface area contributed by atoms with Gasteiger partial charge in [0.15, 0.2) is 5.17 Å². The van der Waals surface area contributed by atoms with Crippen molar-refractivity contribution < 1.29 is 28.6 Å². The molecular weight excluding hydrogens is 482 g/mol. The molecule has 9 nitrogen and oxygen atoms in total. The first kappa shape index (κ1) is 25.8. The van der Waals surface area contributed by atoms with Gasteiger partial charge in [0.05, 0.1) is 50.5 Å². The van der Waals surface area contributed by atoms with Crippen molar-refractivity contribution >= 4 is 34.8 Å². The van der Waals surface area contributed by atoms with Crippen molar-refractivity contribution in [3.05, 3.63) is 52.2 Å². The summed E-state index contributed by atoms with van der Waals surface area (Å²) in [6.45, 7) is 4.85. The van der Waals surface area contributed by atoms with Gasteiger partial charge in [0.1, 0.15) is 5.75 Å². The summed E-state index contributed by atoms with van der Waals surface area (Å²) in [7, 11) is 2.94. The monoisotopic (exact) mass is 513 g/mol. The second-order valence-electron chi connectivity index (χ2n) is 8.77. The van der Waals surface area contributed by atoms with E-state index in [-0.39, 0.29) is 24.2 Å². The molecule has 36 heavy (non-hydrogen) atoms. The summed E-state index contributed by atoms with van der Waals surface area (Å²) < 4.78 is 15.7. The third-order valence-electron chi connectivity index (χ3n) is 6.54. The van der Waals surface area contributed by atoms with Gasteiger partial charge in [0.25, 0.3) is 0 Å². The molecule has 0 aromatic heterocycles. The molecule has 0 bridgehead atoms. The normalized spacial score (nSPS) is 21.4. The van der Waals surface area contributed by atoms with Crippen LogP contribution in [-0.2, 0) is 23.9 Å². The molecule has 1 saturated heterocycles. The van der Waals surface area contributed by atoms with Crippen LogP contribution in [0.3, 0.4) is 0 Å². The molecule has 0 saturated carbocycles. The minimum absolute atomic E-state index is 0.0765. The minimum atomic E-state index is -0.525. The Labute approximate surface area is 215 Å². The van der Waals surface area contributed by atoms with Crippen LogP contribution in [0.1, 0.15) is 44.7 Å². The van der Waals surface area contributed by atoms with Gasteiger partial charge in [-0.25, -0.2) is 9.79 Å². The smallest absolute Gasteiger partial charge is 0.338 e. The first-order valence-electron chi connectivity index (χ1n) is 12.0. The molecule has 1 fully saturated rings. The fraction of sp³-hybridized carbons (Fsp3) is 0.462. The molecular formula is C26H31N3O6S. The molecule has 3 aliphatic heterocycles. The summed E-state index contributed by atoms with van der Waals surface area (Å²) in [4.78, 5) is 46.8. The average molecular weight is 514 g/mol. The zero-order valence-electron chi connectivity index (χ0n) is 21.0. The lowest BCUT2D eigenvalue weighted by atomic mass is 9.93. The highest BCUT2D eigenvalue weighted by Crippen LogP contribution is 2.45. The van der Waals surface area contributed by atoms with Crippen molar-refractivity contribution in [2.24, 2.45) is 10.9 Å². The van der Waals surface area contributed by atoms with E-state index in [2.05, 4.69) is 4.99 Å². The number of carbonyl (C=O) groups excluding carboxylic acids is 3. The Morgan fingerprint density at radius 1 is 1.22 bits per heavy atom. The fourth-order valence-electron chi connectivity index (χ4n) is 4.79. The number of hydrogen-bond acceptors (Lipinski definition) is 9. The fourth-order valence-corrected chi connectivity index (χ4v) is 5.75. The number of piperidine rings is 1. The van der Waals surface area contributed by atoms with Gasteiger partial charge < -0.3 is 24.0 Å². The van der Waals surface area contributed by atoms with Gasteiger partial charge in [0.2, 0.25) is 5.91 Å². The van der Waals surface area contributed by atoms with E-state index in [4.69, 9.17) is 14.2 Å². The quantitative estimate of drug-likeness (QED) is 0.510. The third kappa shape index (κ3) is 5.13. The number of ether oxygens (including phenoxy) is 3. The van der Waals surface area contributed by atoms with E-state index >= 15 is 0 Å². The Morgan fingerprint density at radius 3 is 2.75 bits per heavy atom. The number of aliphatic imine (C=N–C) groups is 1. The highest BCUT2D eigenvalue weighted by Gasteiger charge is 2.41. The number of nitrogens with zero attached hydrogens (tertiary/aromatic N) is 3. The van der Waals surface area contributed by atoms with Crippen molar-refractivity contribution in [3.63, 3.8) is 0 Å². The van der Waals surface area contributed by atoms with Crippen LogP contribution in [0.5, 0.6) is 5.75 Å². The first-order valence-corrected chi connectivity index (χ1v) is 12.9. The van der Waals surface area contributed by atoms with Gasteiger partial charge in [-0.3, -0.25) is 9.59 Å². The van der Waals surface area contributed by atoms with Gasteiger partial charge >= 0.3 is 11.9 Å². The molecule has 0 radical (unpaired) electrons. The molecule has 192 valence electrons. The number of benzene rings is 1. The second kappa shape index (κ2) is 11.2. The van der Waals surface area contributed by atoms with Crippen LogP contribution in [0.15, 0.2) is 51.6 Å². The molecule has 1 aromatic carbocycles. The van der Waals surface area contributed by atoms with Crippen molar-refractivity contribution in [3.8, 4) is 5.75 Å². The maximum atomic E-state index is 13.4. The topological polar surface area (TPSA) is 97.7 Å². The largest absolute Gasteiger partial charge is 0.497 e. The SMILES string of the molecule is CCOC(=O)[C@@H]1CCCN(C(=O)CC2=CSC3=NC(C)=C(C(=O)OC)[C@@H](c4cccc(OC)c4)N23)C1. The number of allylic oxidation sites excluding steroid dienone is 1. The summed E-state index contributed by atoms with van der Waals surface area (Å²) >= 11 is 1.42. The average Bonchev–Trinajstić information content (AvgIpc) is 3.29. The molecule has 0 unspecified atom stereocenters. The second-order valence-corrected chi connectivity index (χ2v) is 9.61. The van der Waals surface area contributed by atoms with Crippen molar-refractivity contribution in [2.45, 2.75) is 39.2 Å². The number of amidine groups is 1. The highest BCUT2D eigenvalue weighted by molar-refractivity contribution is 8.16. The van der Waals surface area contributed by atoms with Crippen LogP contribution >= 0.6 is 11.8 Å². The van der Waals surface area contributed by atoms with Gasteiger partial charge in [-0.1, -0.05) is 23.9 Å². The van der Waals surface area contributed by atoms with E-state index in [9.17, 15) is 14.4 Å². The van der Waals surface area contributed by atoms with Crippen LogP contribution in [0.4, 0.5) is 0 Å². The van der Waals surface area contributed by atoms with Gasteiger partial charge in [-0.2, -0.15) is 0 Å². The molecule has 1 amide bonds. The summed E-state index contributed by atoms with van der Waals surface area (Å²) in [5.74, 6) is -0.447. The summed E-state index contributed by atoms with van der Waals surface area (Å²) in [6.07, 6.45) is 1.59. The van der Waals surface area contributed by atoms with Crippen molar-refractivity contribution in [2.75, 3.05) is 33.9 Å². The number of fused-ring (bicyclic) bond motifs is 1. The standard InChI is InChI=1S/C26H31N3O6S/c1-5-35-24(31)18-9-7-11-28(14-18)21(30)13-19-15-36-26-27-16(2)22(25(32)34-4)23(29(19)26)17-8-6-10-20(12-17)33-3/h6,8,10,12,15,18,23H,5,7,9,11,13-14H2,1-4H3/t18-,23-/m1/s1. The first-order chi connectivity index (χ1) is 17.4. The number of amides is 1. The lowest BCUT2D eigenvalue weighted by Crippen LogP contribution is -2.44. The summed E-state index contributed by atoms with van der Waals surface area (Å²) in [6, 6.07) is 6.97. The Hall–Kier alpha value is -3.27. The zero-order valence-corrected chi connectivity index (χ0v) is 21.8. The van der Waals surface area contributed by atoms with E-state index in [0.717, 1.165) is 17.7 Å². The zero-order chi connectivity index (χ0) is 25.8. The minimum Gasteiger partial charge on any atom is -0.497 e. The number of carbonyl (C=O) groups is 3. The van der Waals surface area contributed by atoms with E-state index in [1.807, 2.05) is 34.6 Å². The molecule has 3 heterocycles. The van der Waals surface area contributed by atoms with Crippen LogP contribution in [-0.4, -0.2) is 66.7 Å². The maximum absolute atomic E-state index is 13.4. The number of rotatable bonds is 7. The number of esters is 2. The van der Waals surface area contributed by atoms with Crippen molar-refractivity contribution in [1.82, 2.24) is 9.80 Å². The number of thioether (sulfide) groups is 1. The molecule has 1 aromatic rings. The van der Waals surface area contributed by atoms with E-state index in [0.29, 0.717) is 48.3 Å². The van der Waals surface area contributed by atoms with Crippen molar-refractivity contribution in [1.29, 1.82) is 0 Å². The predicted octanol–water partition coefficient (Wildman–Crippen LogP) is 3.63. The Morgan fingerprint density at radius 2 is 2.03 bits per heavy atom. The molecule has 0 spiro atoms. The number of likely N-dealkylation sites (tertiary alicyclic amines) is 1. The van der Waals surface area contributed by atoms with E-state index in [1.165, 1.54) is 18.9 Å². The van der Waals surface area contributed by atoms with Gasteiger partial charge in [0, 0.05) is 18.8 Å². The van der Waals surface area contributed by atoms with Crippen LogP contribution in [0, 0.1) is 5.92 Å². The molecule has 10 heteroatoms. The highest BCUT2D eigenvalue weighted by atomic mass is 32.2. The van der Waals surface area contributed by atoms with Crippen LogP contribution in [0.2, 0.25) is 0 Å². The Bertz CT molecular complexity index is 1140. The third-order valence-corrected chi connectivity index (χ3v) is 7.43. The van der Waals surface area contributed by atoms with Crippen LogP contribution < -0.4 is 4.74 Å². The molecule has 0 aliphatic carbocycles. The number of hydrogen-bond donors (Lipinski definition) is 0. The maximum Gasteiger partial charge on any atom is 0.338 e. The molecule has 0 N–H and O–H groups in total. The molecule has 3 aliphatic rings. The van der Waals surface area contributed by atoms with E-state index < -0.39 is 12.0 Å².